The van der Waals surface area contributed by atoms with E-state index in [0.717, 1.165) is 0 Å². The number of rotatable bonds is 5. The monoisotopic (exact) mass is 296 g/mol. The van der Waals surface area contributed by atoms with E-state index in [-0.39, 0.29) is 37.9 Å². The lowest BCUT2D eigenvalue weighted by Crippen LogP contribution is -2.55. The normalized spacial score (nSPS) is 24.6. The van der Waals surface area contributed by atoms with Gasteiger partial charge in [0.25, 0.3) is 0 Å². The fourth-order valence-electron chi connectivity index (χ4n) is 1.93. The molecule has 8 heteroatoms. The van der Waals surface area contributed by atoms with Crippen LogP contribution in [0.5, 0.6) is 0 Å². The number of carbonyl (C=O) groups is 2. The van der Waals surface area contributed by atoms with Crippen molar-refractivity contribution < 1.29 is 27.5 Å². The highest BCUT2D eigenvalue weighted by Crippen LogP contribution is 2.18. The van der Waals surface area contributed by atoms with E-state index in [0.29, 0.717) is 6.42 Å². The van der Waals surface area contributed by atoms with Gasteiger partial charge in [-0.2, -0.15) is 13.2 Å². The van der Waals surface area contributed by atoms with Crippen LogP contribution in [0.15, 0.2) is 0 Å². The van der Waals surface area contributed by atoms with Gasteiger partial charge in [-0.3, -0.25) is 9.59 Å². The summed E-state index contributed by atoms with van der Waals surface area (Å²) in [5.41, 5.74) is -1.00. The Bertz CT molecular complexity index is 373. The minimum atomic E-state index is -4.38. The zero-order chi connectivity index (χ0) is 15.4. The highest BCUT2D eigenvalue weighted by atomic mass is 19.4. The lowest BCUT2D eigenvalue weighted by molar-refractivity contribution is -0.175. The number of nitrogens with zero attached hydrogens (tertiary/aromatic N) is 1. The van der Waals surface area contributed by atoms with Crippen LogP contribution in [-0.4, -0.2) is 54.7 Å². The van der Waals surface area contributed by atoms with Gasteiger partial charge >= 0.3 is 6.18 Å². The standard InChI is InChI=1S/C12H19F3N2O3/c1-3-11(2)10(19)17(5-4-9(18)16-11)6-7-20-8-12(13,14)15/h3-8H2,1-2H3,(H,16,18). The molecule has 1 aliphatic heterocycles. The Labute approximate surface area is 115 Å². The third-order valence-corrected chi connectivity index (χ3v) is 3.26. The summed E-state index contributed by atoms with van der Waals surface area (Å²) in [6, 6.07) is 0. The molecule has 1 aliphatic rings. The molecule has 0 aromatic carbocycles. The smallest absolute Gasteiger partial charge is 0.370 e. The Morgan fingerprint density at radius 3 is 2.60 bits per heavy atom. The maximum Gasteiger partial charge on any atom is 0.411 e. The second kappa shape index (κ2) is 6.43. The molecule has 1 saturated heterocycles. The van der Waals surface area contributed by atoms with Gasteiger partial charge in [0.1, 0.15) is 12.1 Å². The summed E-state index contributed by atoms with van der Waals surface area (Å²) in [6.07, 6.45) is -3.82. The fourth-order valence-corrected chi connectivity index (χ4v) is 1.93. The van der Waals surface area contributed by atoms with Crippen molar-refractivity contribution in [2.45, 2.75) is 38.4 Å². The van der Waals surface area contributed by atoms with Gasteiger partial charge in [0.2, 0.25) is 11.8 Å². The molecular weight excluding hydrogens is 277 g/mol. The van der Waals surface area contributed by atoms with Crippen molar-refractivity contribution in [1.29, 1.82) is 0 Å². The number of hydrogen-bond donors (Lipinski definition) is 1. The molecule has 116 valence electrons. The van der Waals surface area contributed by atoms with Crippen molar-refractivity contribution in [3.05, 3.63) is 0 Å². The molecule has 1 heterocycles. The predicted octanol–water partition coefficient (Wildman–Crippen LogP) is 1.08. The van der Waals surface area contributed by atoms with Crippen LogP contribution in [0.1, 0.15) is 26.7 Å². The molecule has 1 atom stereocenters. The molecule has 1 fully saturated rings. The van der Waals surface area contributed by atoms with Gasteiger partial charge in [0, 0.05) is 19.5 Å². The van der Waals surface area contributed by atoms with Crippen LogP contribution in [0.2, 0.25) is 0 Å². The van der Waals surface area contributed by atoms with Crippen molar-refractivity contribution in [1.82, 2.24) is 10.2 Å². The molecule has 0 aromatic rings. The topological polar surface area (TPSA) is 58.6 Å². The number of halogens is 3. The van der Waals surface area contributed by atoms with Crippen molar-refractivity contribution in [3.8, 4) is 0 Å². The van der Waals surface area contributed by atoms with Crippen LogP contribution < -0.4 is 5.32 Å². The lowest BCUT2D eigenvalue weighted by Gasteiger charge is -2.31. The number of hydrogen-bond acceptors (Lipinski definition) is 3. The molecule has 1 rings (SSSR count). The summed E-state index contributed by atoms with van der Waals surface area (Å²) in [5, 5.41) is 2.65. The summed E-state index contributed by atoms with van der Waals surface area (Å²) < 4.78 is 40.3. The third kappa shape index (κ3) is 4.66. The van der Waals surface area contributed by atoms with E-state index in [1.54, 1.807) is 13.8 Å². The zero-order valence-corrected chi connectivity index (χ0v) is 11.5. The van der Waals surface area contributed by atoms with Crippen molar-refractivity contribution in [2.75, 3.05) is 26.3 Å². The molecule has 0 saturated carbocycles. The van der Waals surface area contributed by atoms with E-state index in [9.17, 15) is 22.8 Å². The van der Waals surface area contributed by atoms with Crippen molar-refractivity contribution in [2.24, 2.45) is 0 Å². The molecule has 1 N–H and O–H groups in total. The summed E-state index contributed by atoms with van der Waals surface area (Å²) in [6.45, 7) is 2.07. The van der Waals surface area contributed by atoms with Crippen molar-refractivity contribution in [3.63, 3.8) is 0 Å². The van der Waals surface area contributed by atoms with Crippen LogP contribution in [0.25, 0.3) is 0 Å². The van der Waals surface area contributed by atoms with Crippen LogP contribution in [0.3, 0.4) is 0 Å². The van der Waals surface area contributed by atoms with Gasteiger partial charge in [0.05, 0.1) is 6.61 Å². The number of amides is 2. The summed E-state index contributed by atoms with van der Waals surface area (Å²) in [7, 11) is 0. The molecule has 2 amide bonds. The second-order valence-electron chi connectivity index (χ2n) is 4.94. The average molecular weight is 296 g/mol. The molecule has 0 aromatic heterocycles. The first kappa shape index (κ1) is 16.7. The molecule has 1 unspecified atom stereocenters. The highest BCUT2D eigenvalue weighted by molar-refractivity contribution is 5.93. The molecule has 0 radical (unpaired) electrons. The number of alkyl halides is 3. The first-order valence-electron chi connectivity index (χ1n) is 6.43. The third-order valence-electron chi connectivity index (χ3n) is 3.26. The summed E-state index contributed by atoms with van der Waals surface area (Å²) in [4.78, 5) is 25.2. The van der Waals surface area contributed by atoms with Crippen LogP contribution in [0, 0.1) is 0 Å². The number of ether oxygens (including phenoxy) is 1. The Morgan fingerprint density at radius 2 is 2.05 bits per heavy atom. The van der Waals surface area contributed by atoms with Gasteiger partial charge in [-0.15, -0.1) is 0 Å². The molecule has 0 bridgehead atoms. The van der Waals surface area contributed by atoms with Crippen LogP contribution in [0.4, 0.5) is 13.2 Å². The molecule has 0 spiro atoms. The van der Waals surface area contributed by atoms with E-state index in [1.807, 2.05) is 0 Å². The Kier molecular flexibility index (Phi) is 5.38. The van der Waals surface area contributed by atoms with Gasteiger partial charge in [-0.1, -0.05) is 6.92 Å². The maximum absolute atomic E-state index is 12.3. The van der Waals surface area contributed by atoms with E-state index in [4.69, 9.17) is 0 Å². The van der Waals surface area contributed by atoms with Gasteiger partial charge < -0.3 is 15.0 Å². The minimum Gasteiger partial charge on any atom is -0.370 e. The largest absolute Gasteiger partial charge is 0.411 e. The maximum atomic E-state index is 12.3. The Morgan fingerprint density at radius 1 is 1.40 bits per heavy atom. The average Bonchev–Trinajstić information content (AvgIpc) is 2.45. The first-order valence-corrected chi connectivity index (χ1v) is 6.43. The quantitative estimate of drug-likeness (QED) is 0.772. The van der Waals surface area contributed by atoms with Gasteiger partial charge in [-0.25, -0.2) is 0 Å². The van der Waals surface area contributed by atoms with Crippen LogP contribution >= 0.6 is 0 Å². The van der Waals surface area contributed by atoms with Gasteiger partial charge in [-0.05, 0) is 13.3 Å². The van der Waals surface area contributed by atoms with Crippen LogP contribution in [-0.2, 0) is 14.3 Å². The Hall–Kier alpha value is -1.31. The van der Waals surface area contributed by atoms with E-state index in [1.165, 1.54) is 4.90 Å². The molecule has 5 nitrogen and oxygen atoms in total. The lowest BCUT2D eigenvalue weighted by atomic mass is 9.97. The predicted molar refractivity (Wildman–Crippen MR) is 64.9 cm³/mol. The second-order valence-corrected chi connectivity index (χ2v) is 4.94. The minimum absolute atomic E-state index is 0.0411. The van der Waals surface area contributed by atoms with E-state index < -0.39 is 18.3 Å². The van der Waals surface area contributed by atoms with E-state index >= 15 is 0 Å². The van der Waals surface area contributed by atoms with E-state index in [2.05, 4.69) is 10.1 Å². The van der Waals surface area contributed by atoms with Crippen molar-refractivity contribution >= 4 is 11.8 Å². The molecule has 0 aliphatic carbocycles. The SMILES string of the molecule is CCC1(C)NC(=O)CCN(CCOCC(F)(F)F)C1=O. The summed E-state index contributed by atoms with van der Waals surface area (Å²) in [5.74, 6) is -0.525. The summed E-state index contributed by atoms with van der Waals surface area (Å²) >= 11 is 0. The zero-order valence-electron chi connectivity index (χ0n) is 11.5. The van der Waals surface area contributed by atoms with Gasteiger partial charge in [0.15, 0.2) is 0 Å². The fraction of sp³-hybridized carbons (Fsp3) is 0.833. The number of nitrogens with one attached hydrogen (secondary N) is 1. The molecule has 20 heavy (non-hydrogen) atoms. The first-order chi connectivity index (χ1) is 9.18. The Balaban J connectivity index is 2.56. The molecular formula is C12H19F3N2O3. The highest BCUT2D eigenvalue weighted by Gasteiger charge is 2.39. The number of carbonyl (C=O) groups excluding carboxylic acids is 2.